The first-order chi connectivity index (χ1) is 17.8. The minimum Gasteiger partial charge on any atom is -0.392 e. The van der Waals surface area contributed by atoms with Crippen LogP contribution in [0.25, 0.3) is 28.1 Å². The van der Waals surface area contributed by atoms with Gasteiger partial charge in [-0.2, -0.15) is 0 Å². The molecule has 2 aliphatic heterocycles. The van der Waals surface area contributed by atoms with Crippen LogP contribution in [-0.2, 0) is 17.9 Å². The van der Waals surface area contributed by atoms with E-state index in [2.05, 4.69) is 26.6 Å². The highest BCUT2D eigenvalue weighted by Gasteiger charge is 2.25. The third kappa shape index (κ3) is 4.67. The van der Waals surface area contributed by atoms with E-state index in [-0.39, 0.29) is 6.61 Å². The van der Waals surface area contributed by atoms with Gasteiger partial charge in [0.2, 0.25) is 0 Å². The number of fused-ring (bicyclic) bond motifs is 1. The first-order valence-electron chi connectivity index (χ1n) is 12.6. The van der Waals surface area contributed by atoms with Gasteiger partial charge in [0, 0.05) is 37.4 Å². The van der Waals surface area contributed by atoms with Crippen molar-refractivity contribution in [3.05, 3.63) is 78.0 Å². The van der Waals surface area contributed by atoms with Gasteiger partial charge in [0.25, 0.3) is 0 Å². The molecular weight excluding hydrogens is 452 g/mol. The predicted octanol–water partition coefficient (Wildman–Crippen LogP) is 4.02. The summed E-state index contributed by atoms with van der Waals surface area (Å²) in [4.78, 5) is 21.8. The number of benzene rings is 1. The van der Waals surface area contributed by atoms with Crippen LogP contribution >= 0.6 is 0 Å². The lowest BCUT2D eigenvalue weighted by Crippen LogP contribution is -2.34. The van der Waals surface area contributed by atoms with Gasteiger partial charge in [-0.3, -0.25) is 9.88 Å². The molecule has 1 N–H and O–H groups in total. The molecule has 0 radical (unpaired) electrons. The van der Waals surface area contributed by atoms with E-state index >= 15 is 0 Å². The number of imidazole rings is 1. The number of ether oxygens (including phenoxy) is 1. The van der Waals surface area contributed by atoms with E-state index in [1.807, 2.05) is 48.9 Å². The van der Waals surface area contributed by atoms with Crippen LogP contribution in [0.5, 0.6) is 0 Å². The SMILES string of the molecule is OCc1cccc(-c2nc(C3=CCOCC3)c3ncn(C4CCN(Cc5ccccn5)CC4)c3n2)c1. The molecule has 184 valence electrons. The van der Waals surface area contributed by atoms with Crippen molar-refractivity contribution in [2.24, 2.45) is 0 Å². The van der Waals surface area contributed by atoms with Crippen molar-refractivity contribution in [2.75, 3.05) is 26.3 Å². The topological polar surface area (TPSA) is 89.2 Å². The minimum atomic E-state index is -0.0135. The molecule has 0 spiro atoms. The number of piperidine rings is 1. The molecule has 0 atom stereocenters. The van der Waals surface area contributed by atoms with E-state index < -0.39 is 0 Å². The Morgan fingerprint density at radius 3 is 2.72 bits per heavy atom. The summed E-state index contributed by atoms with van der Waals surface area (Å²) in [6, 6.07) is 14.2. The van der Waals surface area contributed by atoms with Gasteiger partial charge in [-0.15, -0.1) is 0 Å². The summed E-state index contributed by atoms with van der Waals surface area (Å²) >= 11 is 0. The summed E-state index contributed by atoms with van der Waals surface area (Å²) in [7, 11) is 0. The summed E-state index contributed by atoms with van der Waals surface area (Å²) in [6.07, 6.45) is 8.77. The summed E-state index contributed by atoms with van der Waals surface area (Å²) in [6.45, 7) is 4.15. The molecule has 8 nitrogen and oxygen atoms in total. The zero-order valence-electron chi connectivity index (χ0n) is 20.3. The van der Waals surface area contributed by atoms with Crippen molar-refractivity contribution in [3.8, 4) is 11.4 Å². The lowest BCUT2D eigenvalue weighted by molar-refractivity contribution is 0.161. The number of aromatic nitrogens is 5. The second-order valence-corrected chi connectivity index (χ2v) is 9.46. The highest BCUT2D eigenvalue weighted by molar-refractivity contribution is 5.87. The number of hydrogen-bond acceptors (Lipinski definition) is 7. The quantitative estimate of drug-likeness (QED) is 0.444. The Morgan fingerprint density at radius 2 is 1.94 bits per heavy atom. The zero-order chi connectivity index (χ0) is 24.3. The normalized spacial score (nSPS) is 17.4. The van der Waals surface area contributed by atoms with E-state index in [0.29, 0.717) is 25.1 Å². The van der Waals surface area contributed by atoms with Gasteiger partial charge < -0.3 is 14.4 Å². The molecule has 1 saturated heterocycles. The third-order valence-electron chi connectivity index (χ3n) is 7.12. The lowest BCUT2D eigenvalue weighted by atomic mass is 10.0. The maximum Gasteiger partial charge on any atom is 0.164 e. The van der Waals surface area contributed by atoms with E-state index in [0.717, 1.165) is 78.1 Å². The van der Waals surface area contributed by atoms with Crippen LogP contribution in [0.2, 0.25) is 0 Å². The van der Waals surface area contributed by atoms with E-state index in [1.54, 1.807) is 0 Å². The van der Waals surface area contributed by atoms with Crippen LogP contribution in [0, 0.1) is 0 Å². The molecule has 3 aromatic heterocycles. The summed E-state index contributed by atoms with van der Waals surface area (Å²) in [5, 5.41) is 9.65. The Hall–Kier alpha value is -3.46. The fourth-order valence-electron chi connectivity index (χ4n) is 5.16. The average Bonchev–Trinajstić information content (AvgIpc) is 3.38. The highest BCUT2D eigenvalue weighted by Crippen LogP contribution is 2.32. The average molecular weight is 483 g/mol. The van der Waals surface area contributed by atoms with Crippen molar-refractivity contribution >= 4 is 16.7 Å². The van der Waals surface area contributed by atoms with Crippen molar-refractivity contribution in [1.29, 1.82) is 0 Å². The van der Waals surface area contributed by atoms with Gasteiger partial charge in [-0.25, -0.2) is 15.0 Å². The van der Waals surface area contributed by atoms with Crippen molar-refractivity contribution < 1.29 is 9.84 Å². The van der Waals surface area contributed by atoms with Crippen LogP contribution in [0.15, 0.2) is 61.1 Å². The van der Waals surface area contributed by atoms with Crippen LogP contribution in [-0.4, -0.2) is 60.8 Å². The maximum absolute atomic E-state index is 9.65. The number of rotatable bonds is 6. The summed E-state index contributed by atoms with van der Waals surface area (Å²) < 4.78 is 7.80. The van der Waals surface area contributed by atoms with E-state index in [9.17, 15) is 5.11 Å². The van der Waals surface area contributed by atoms with Crippen molar-refractivity contribution in [1.82, 2.24) is 29.4 Å². The van der Waals surface area contributed by atoms with E-state index in [4.69, 9.17) is 19.7 Å². The monoisotopic (exact) mass is 482 g/mol. The second-order valence-electron chi connectivity index (χ2n) is 9.46. The number of pyridine rings is 1. The second kappa shape index (κ2) is 10.3. The molecule has 0 bridgehead atoms. The molecule has 4 aromatic rings. The maximum atomic E-state index is 9.65. The van der Waals surface area contributed by atoms with Gasteiger partial charge in [0.15, 0.2) is 11.5 Å². The molecule has 1 aromatic carbocycles. The van der Waals surface area contributed by atoms with Crippen LogP contribution in [0.1, 0.15) is 42.3 Å². The van der Waals surface area contributed by atoms with Crippen LogP contribution in [0.4, 0.5) is 0 Å². The Morgan fingerprint density at radius 1 is 1.03 bits per heavy atom. The fraction of sp³-hybridized carbons (Fsp3) is 0.357. The fourth-order valence-corrected chi connectivity index (χ4v) is 5.16. The third-order valence-corrected chi connectivity index (χ3v) is 7.12. The molecular formula is C28H30N6O2. The van der Waals surface area contributed by atoms with E-state index in [1.165, 1.54) is 0 Å². The molecule has 1 fully saturated rings. The Bertz CT molecular complexity index is 1380. The standard InChI is InChI=1S/C28H30N6O2/c35-18-20-4-3-5-22(16-20)27-31-25(21-9-14-36-15-10-21)26-28(32-27)34(19-30-26)24-7-12-33(13-8-24)17-23-6-1-2-11-29-23/h1-6,9,11,16,19,24,35H,7-8,10,12-15,17-18H2. The van der Waals surface area contributed by atoms with Crippen molar-refractivity contribution in [2.45, 2.75) is 38.5 Å². The molecule has 6 rings (SSSR count). The van der Waals surface area contributed by atoms with Gasteiger partial charge in [0.1, 0.15) is 5.52 Å². The molecule has 0 unspecified atom stereocenters. The first kappa shape index (κ1) is 23.0. The Balaban J connectivity index is 1.34. The van der Waals surface area contributed by atoms with Crippen molar-refractivity contribution in [3.63, 3.8) is 0 Å². The van der Waals surface area contributed by atoms with Gasteiger partial charge >= 0.3 is 0 Å². The predicted molar refractivity (Wildman–Crippen MR) is 138 cm³/mol. The number of likely N-dealkylation sites (tertiary alicyclic amines) is 1. The van der Waals surface area contributed by atoms with Gasteiger partial charge in [-0.1, -0.05) is 30.3 Å². The number of aliphatic hydroxyl groups excluding tert-OH is 1. The Kier molecular flexibility index (Phi) is 6.55. The molecule has 36 heavy (non-hydrogen) atoms. The zero-order valence-corrected chi connectivity index (χ0v) is 20.3. The first-order valence-corrected chi connectivity index (χ1v) is 12.6. The Labute approximate surface area is 210 Å². The smallest absolute Gasteiger partial charge is 0.164 e. The largest absolute Gasteiger partial charge is 0.392 e. The number of aliphatic hydroxyl groups is 1. The molecule has 5 heterocycles. The van der Waals surface area contributed by atoms with Crippen LogP contribution in [0.3, 0.4) is 0 Å². The molecule has 0 saturated carbocycles. The molecule has 8 heteroatoms. The van der Waals surface area contributed by atoms with Crippen LogP contribution < -0.4 is 0 Å². The number of hydrogen-bond donors (Lipinski definition) is 1. The lowest BCUT2D eigenvalue weighted by Gasteiger charge is -2.32. The van der Waals surface area contributed by atoms with Gasteiger partial charge in [-0.05, 0) is 48.6 Å². The molecule has 2 aliphatic rings. The summed E-state index contributed by atoms with van der Waals surface area (Å²) in [5.41, 5.74) is 6.62. The minimum absolute atomic E-state index is 0.0135. The molecule has 0 amide bonds. The highest BCUT2D eigenvalue weighted by atomic mass is 16.5. The van der Waals surface area contributed by atoms with Gasteiger partial charge in [0.05, 0.1) is 37.5 Å². The summed E-state index contributed by atoms with van der Waals surface area (Å²) in [5.74, 6) is 0.662. The number of nitrogens with zero attached hydrogens (tertiary/aromatic N) is 6. The molecule has 0 aliphatic carbocycles.